The molecule has 4 aromatic carbocycles. The molecule has 0 aliphatic carbocycles. The summed E-state index contributed by atoms with van der Waals surface area (Å²) in [6.07, 6.45) is 4.55. The standard InChI is InChI=1S/C45H46N4O6/c1-30(31-7-3-2-4-8-31)41(32-9-14-35(50)15-10-32)33-11-16-36(17-12-33)55-26-6-5-23-47-24-21-45(22-25-47)28-48(29-45)34-13-18-37-38(27-34)44(54)49(43(37)53)39-19-20-40(51)46-42(39)52/h2-4,7-18,27,39,50H,5-6,19-26,28-29H2,1H3,(H,46,51,52)/b41-30-. The molecule has 1 unspecified atom stereocenters. The highest BCUT2D eigenvalue weighted by atomic mass is 16.5. The first-order valence-electron chi connectivity index (χ1n) is 19.3. The number of nitrogens with one attached hydrogen (secondary N) is 1. The number of ether oxygens (including phenoxy) is 1. The third-order valence-corrected chi connectivity index (χ3v) is 11.8. The number of anilines is 1. The molecule has 8 rings (SSSR count). The third-order valence-electron chi connectivity index (χ3n) is 11.8. The molecule has 1 spiro atoms. The van der Waals surface area contributed by atoms with Crippen molar-refractivity contribution in [2.75, 3.05) is 44.2 Å². The largest absolute Gasteiger partial charge is 0.508 e. The van der Waals surface area contributed by atoms with E-state index in [9.17, 15) is 24.3 Å². The number of likely N-dealkylation sites (tertiary alicyclic amines) is 1. The first-order chi connectivity index (χ1) is 26.7. The summed E-state index contributed by atoms with van der Waals surface area (Å²) < 4.78 is 6.15. The predicted molar refractivity (Wildman–Crippen MR) is 211 cm³/mol. The number of unbranched alkanes of at least 4 members (excludes halogenated alkanes) is 1. The van der Waals surface area contributed by atoms with Gasteiger partial charge in [-0.25, -0.2) is 0 Å². The van der Waals surface area contributed by atoms with Crippen LogP contribution in [0.4, 0.5) is 5.69 Å². The molecule has 4 heterocycles. The predicted octanol–water partition coefficient (Wildman–Crippen LogP) is 6.53. The Labute approximate surface area is 321 Å². The maximum Gasteiger partial charge on any atom is 0.262 e. The molecule has 10 nitrogen and oxygen atoms in total. The van der Waals surface area contributed by atoms with Gasteiger partial charge in [0.2, 0.25) is 11.8 Å². The van der Waals surface area contributed by atoms with Crippen LogP contribution in [0.15, 0.2) is 97.1 Å². The van der Waals surface area contributed by atoms with Crippen molar-refractivity contribution in [3.63, 3.8) is 0 Å². The van der Waals surface area contributed by atoms with Crippen molar-refractivity contribution in [1.29, 1.82) is 0 Å². The number of carbonyl (C=O) groups excluding carboxylic acids is 4. The van der Waals surface area contributed by atoms with Crippen LogP contribution in [0.3, 0.4) is 0 Å². The molecular formula is C45H46N4O6. The van der Waals surface area contributed by atoms with Gasteiger partial charge in [0.15, 0.2) is 0 Å². The quantitative estimate of drug-likeness (QED) is 0.101. The number of aromatic hydroxyl groups is 1. The topological polar surface area (TPSA) is 119 Å². The molecule has 2 N–H and O–H groups in total. The summed E-state index contributed by atoms with van der Waals surface area (Å²) in [7, 11) is 0. The minimum atomic E-state index is -0.957. The highest BCUT2D eigenvalue weighted by Gasteiger charge is 2.47. The van der Waals surface area contributed by atoms with Crippen molar-refractivity contribution in [2.45, 2.75) is 51.5 Å². The first-order valence-corrected chi connectivity index (χ1v) is 19.3. The number of nitrogens with zero attached hydrogens (tertiary/aromatic N) is 3. The number of amides is 4. The van der Waals surface area contributed by atoms with Crippen molar-refractivity contribution in [1.82, 2.24) is 15.1 Å². The van der Waals surface area contributed by atoms with Gasteiger partial charge in [0.05, 0.1) is 17.7 Å². The summed E-state index contributed by atoms with van der Waals surface area (Å²) in [4.78, 5) is 56.3. The lowest BCUT2D eigenvalue weighted by molar-refractivity contribution is -0.136. The Hall–Kier alpha value is -5.74. The lowest BCUT2D eigenvalue weighted by Crippen LogP contribution is -2.60. The Balaban J connectivity index is 0.784. The molecule has 4 aromatic rings. The van der Waals surface area contributed by atoms with Crippen LogP contribution in [-0.2, 0) is 9.59 Å². The van der Waals surface area contributed by atoms with Gasteiger partial charge in [-0.05, 0) is 129 Å². The fourth-order valence-electron chi connectivity index (χ4n) is 8.57. The van der Waals surface area contributed by atoms with Gasteiger partial charge in [-0.1, -0.05) is 54.6 Å². The van der Waals surface area contributed by atoms with Gasteiger partial charge >= 0.3 is 0 Å². The summed E-state index contributed by atoms with van der Waals surface area (Å²) in [5.74, 6) is -0.819. The Morgan fingerprint density at radius 1 is 0.800 bits per heavy atom. The van der Waals surface area contributed by atoms with E-state index in [-0.39, 0.29) is 29.9 Å². The van der Waals surface area contributed by atoms with Crippen LogP contribution >= 0.6 is 0 Å². The van der Waals surface area contributed by atoms with Crippen LogP contribution in [0, 0.1) is 5.41 Å². The van der Waals surface area contributed by atoms with Crippen molar-refractivity contribution in [3.05, 3.63) is 125 Å². The number of phenolic OH excluding ortho intramolecular Hbond substituents is 1. The number of carbonyl (C=O) groups is 4. The molecule has 4 aliphatic heterocycles. The van der Waals surface area contributed by atoms with Gasteiger partial charge in [0.1, 0.15) is 17.5 Å². The van der Waals surface area contributed by atoms with E-state index in [4.69, 9.17) is 4.74 Å². The van der Waals surface area contributed by atoms with E-state index in [1.807, 2.05) is 48.5 Å². The van der Waals surface area contributed by atoms with Crippen LogP contribution < -0.4 is 15.0 Å². The normalized spacial score (nSPS) is 19.9. The average molecular weight is 739 g/mol. The molecule has 0 bridgehead atoms. The van der Waals surface area contributed by atoms with E-state index in [0.29, 0.717) is 17.7 Å². The Bertz CT molecular complexity index is 2130. The molecule has 0 radical (unpaired) electrons. The van der Waals surface area contributed by atoms with Gasteiger partial charge in [-0.15, -0.1) is 0 Å². The number of phenols is 1. The number of benzene rings is 4. The van der Waals surface area contributed by atoms with Gasteiger partial charge in [0, 0.05) is 30.6 Å². The molecule has 282 valence electrons. The van der Waals surface area contributed by atoms with E-state index in [2.05, 4.69) is 46.3 Å². The van der Waals surface area contributed by atoms with Crippen molar-refractivity contribution in [2.24, 2.45) is 5.41 Å². The van der Waals surface area contributed by atoms with Crippen LogP contribution in [0.1, 0.15) is 82.9 Å². The van der Waals surface area contributed by atoms with E-state index in [1.165, 1.54) is 0 Å². The average Bonchev–Trinajstić information content (AvgIpc) is 3.43. The summed E-state index contributed by atoms with van der Waals surface area (Å²) >= 11 is 0. The third kappa shape index (κ3) is 7.38. The van der Waals surface area contributed by atoms with E-state index in [1.54, 1.807) is 24.3 Å². The second-order valence-corrected chi connectivity index (χ2v) is 15.4. The van der Waals surface area contributed by atoms with Gasteiger partial charge in [0.25, 0.3) is 11.8 Å². The highest BCUT2D eigenvalue weighted by molar-refractivity contribution is 6.23. The molecule has 3 saturated heterocycles. The zero-order valence-electron chi connectivity index (χ0n) is 31.1. The molecule has 4 amide bonds. The van der Waals surface area contributed by atoms with Gasteiger partial charge < -0.3 is 19.6 Å². The number of imide groups is 2. The maximum absolute atomic E-state index is 13.3. The summed E-state index contributed by atoms with van der Waals surface area (Å²) in [6.45, 7) is 7.81. The van der Waals surface area contributed by atoms with E-state index in [0.717, 1.165) is 103 Å². The second-order valence-electron chi connectivity index (χ2n) is 15.4. The van der Waals surface area contributed by atoms with Crippen molar-refractivity contribution >= 4 is 40.5 Å². The Morgan fingerprint density at radius 2 is 1.47 bits per heavy atom. The van der Waals surface area contributed by atoms with Crippen molar-refractivity contribution < 1.29 is 29.0 Å². The molecule has 4 aliphatic rings. The van der Waals surface area contributed by atoms with Crippen LogP contribution in [0.2, 0.25) is 0 Å². The SMILES string of the molecule is C/C(=C(\c1ccc(O)cc1)c1ccc(OCCCCN2CCC3(CC2)CN(c2ccc4c(c2)C(=O)N(C2CCC(=O)NC2=O)C4=O)C3)cc1)c1ccccc1. The molecule has 55 heavy (non-hydrogen) atoms. The second kappa shape index (κ2) is 15.2. The number of hydrogen-bond donors (Lipinski definition) is 2. The summed E-state index contributed by atoms with van der Waals surface area (Å²) in [6, 6.07) is 30.4. The van der Waals surface area contributed by atoms with Gasteiger partial charge in [-0.2, -0.15) is 0 Å². The number of fused-ring (bicyclic) bond motifs is 1. The molecule has 0 saturated carbocycles. The molecule has 3 fully saturated rings. The van der Waals surface area contributed by atoms with E-state index < -0.39 is 23.8 Å². The zero-order chi connectivity index (χ0) is 38.1. The van der Waals surface area contributed by atoms with Crippen molar-refractivity contribution in [3.8, 4) is 11.5 Å². The summed E-state index contributed by atoms with van der Waals surface area (Å²) in [5.41, 5.74) is 7.40. The zero-order valence-corrected chi connectivity index (χ0v) is 31.1. The maximum atomic E-state index is 13.3. The minimum Gasteiger partial charge on any atom is -0.508 e. The number of rotatable bonds is 11. The molecular weight excluding hydrogens is 693 g/mol. The monoisotopic (exact) mass is 738 g/mol. The number of piperidine rings is 2. The Morgan fingerprint density at radius 3 is 2.16 bits per heavy atom. The summed E-state index contributed by atoms with van der Waals surface area (Å²) in [5, 5.41) is 12.1. The Kier molecular flexibility index (Phi) is 10.0. The lowest BCUT2D eigenvalue weighted by Gasteiger charge is -2.55. The highest BCUT2D eigenvalue weighted by Crippen LogP contribution is 2.43. The lowest BCUT2D eigenvalue weighted by atomic mass is 9.71. The fourth-order valence-corrected chi connectivity index (χ4v) is 8.57. The number of hydrogen-bond acceptors (Lipinski definition) is 8. The van der Waals surface area contributed by atoms with Crippen LogP contribution in [0.25, 0.3) is 11.1 Å². The van der Waals surface area contributed by atoms with Crippen LogP contribution in [-0.4, -0.2) is 83.9 Å². The van der Waals surface area contributed by atoms with E-state index >= 15 is 0 Å². The molecule has 1 atom stereocenters. The minimum absolute atomic E-state index is 0.103. The smallest absolute Gasteiger partial charge is 0.262 e. The number of allylic oxidation sites excluding steroid dienone is 1. The molecule has 0 aromatic heterocycles. The van der Waals surface area contributed by atoms with Gasteiger partial charge in [-0.3, -0.25) is 29.4 Å². The fraction of sp³-hybridized carbons (Fsp3) is 0.333. The van der Waals surface area contributed by atoms with Crippen LogP contribution in [0.5, 0.6) is 11.5 Å². The first kappa shape index (κ1) is 36.2. The molecule has 10 heteroatoms.